The molecule has 7 nitrogen and oxygen atoms in total. The van der Waals surface area contributed by atoms with Gasteiger partial charge < -0.3 is 9.80 Å². The monoisotopic (exact) mass is 322 g/mol. The fourth-order valence-electron chi connectivity index (χ4n) is 2.95. The number of carbonyl (C=O) groups is 1. The van der Waals surface area contributed by atoms with E-state index in [0.29, 0.717) is 49.9 Å². The summed E-state index contributed by atoms with van der Waals surface area (Å²) in [6, 6.07) is 0. The van der Waals surface area contributed by atoms with E-state index >= 15 is 0 Å². The van der Waals surface area contributed by atoms with E-state index in [1.54, 1.807) is 14.0 Å². The van der Waals surface area contributed by atoms with Gasteiger partial charge in [-0.15, -0.1) is 0 Å². The van der Waals surface area contributed by atoms with E-state index in [1.807, 2.05) is 23.6 Å². The van der Waals surface area contributed by atoms with Crippen molar-refractivity contribution in [2.24, 2.45) is 20.0 Å². The summed E-state index contributed by atoms with van der Waals surface area (Å²) in [4.78, 5) is 40.4. The first-order valence-corrected chi connectivity index (χ1v) is 8.03. The van der Waals surface area contributed by atoms with Crippen LogP contribution in [0.4, 0.5) is 5.69 Å². The topological polar surface area (TPSA) is 67.6 Å². The first-order chi connectivity index (χ1) is 10.7. The highest BCUT2D eigenvalue weighted by Crippen LogP contribution is 2.16. The second kappa shape index (κ2) is 6.60. The Kier molecular flexibility index (Phi) is 4.97. The normalized spacial score (nSPS) is 15.4. The van der Waals surface area contributed by atoms with Crippen LogP contribution in [-0.2, 0) is 18.9 Å². The molecule has 0 atom stereocenters. The van der Waals surface area contributed by atoms with Crippen molar-refractivity contribution >= 4 is 11.6 Å². The van der Waals surface area contributed by atoms with Crippen LogP contribution in [0.5, 0.6) is 0 Å². The third-order valence-corrected chi connectivity index (χ3v) is 4.46. The van der Waals surface area contributed by atoms with Gasteiger partial charge in [-0.3, -0.25) is 18.7 Å². The smallest absolute Gasteiger partial charge is 0.330 e. The van der Waals surface area contributed by atoms with Crippen LogP contribution in [0.1, 0.15) is 26.0 Å². The van der Waals surface area contributed by atoms with Gasteiger partial charge in [-0.05, 0) is 12.8 Å². The predicted octanol–water partition coefficient (Wildman–Crippen LogP) is 0.0871. The Morgan fingerprint density at radius 2 is 1.61 bits per heavy atom. The molecule has 0 unspecified atom stereocenters. The van der Waals surface area contributed by atoms with Crippen LogP contribution in [-0.4, -0.2) is 46.1 Å². The Labute approximate surface area is 136 Å². The molecule has 0 bridgehead atoms. The highest BCUT2D eigenvalue weighted by atomic mass is 16.2. The number of aromatic nitrogens is 2. The molecule has 2 heterocycles. The first-order valence-electron chi connectivity index (χ1n) is 8.03. The molecule has 128 valence electrons. The van der Waals surface area contributed by atoms with E-state index in [9.17, 15) is 14.4 Å². The molecular formula is C16H26N4O3. The fraction of sp³-hybridized carbons (Fsp3) is 0.688. The Morgan fingerprint density at radius 3 is 2.13 bits per heavy atom. The summed E-state index contributed by atoms with van der Waals surface area (Å²) in [7, 11) is 3.17. The van der Waals surface area contributed by atoms with Crippen molar-refractivity contribution in [2.45, 2.75) is 27.2 Å². The summed E-state index contributed by atoms with van der Waals surface area (Å²) in [6.07, 6.45) is 0.556. The molecule has 1 aliphatic rings. The lowest BCUT2D eigenvalue weighted by molar-refractivity contribution is -0.132. The van der Waals surface area contributed by atoms with E-state index in [2.05, 4.69) is 0 Å². The molecule has 1 saturated heterocycles. The van der Waals surface area contributed by atoms with Gasteiger partial charge in [0, 0.05) is 52.4 Å². The number of carbonyl (C=O) groups excluding carboxylic acids is 1. The molecule has 0 aliphatic carbocycles. The number of piperazine rings is 1. The Hall–Kier alpha value is -2.05. The van der Waals surface area contributed by atoms with E-state index in [0.717, 1.165) is 4.57 Å². The highest BCUT2D eigenvalue weighted by molar-refractivity contribution is 5.76. The molecule has 1 aliphatic heterocycles. The van der Waals surface area contributed by atoms with Crippen LogP contribution in [0.15, 0.2) is 9.59 Å². The van der Waals surface area contributed by atoms with Crippen molar-refractivity contribution in [2.75, 3.05) is 31.1 Å². The van der Waals surface area contributed by atoms with Gasteiger partial charge in [0.15, 0.2) is 0 Å². The minimum Gasteiger partial charge on any atom is -0.362 e. The molecule has 2 rings (SSSR count). The van der Waals surface area contributed by atoms with Crippen LogP contribution in [0.25, 0.3) is 0 Å². The van der Waals surface area contributed by atoms with Gasteiger partial charge in [0.25, 0.3) is 5.56 Å². The number of amides is 1. The Morgan fingerprint density at radius 1 is 1.04 bits per heavy atom. The predicted molar refractivity (Wildman–Crippen MR) is 89.9 cm³/mol. The summed E-state index contributed by atoms with van der Waals surface area (Å²) >= 11 is 0. The van der Waals surface area contributed by atoms with Gasteiger partial charge in [0.2, 0.25) is 5.91 Å². The molecule has 0 radical (unpaired) electrons. The van der Waals surface area contributed by atoms with Crippen molar-refractivity contribution < 1.29 is 4.79 Å². The number of hydrogen-bond donors (Lipinski definition) is 0. The van der Waals surface area contributed by atoms with Crippen LogP contribution >= 0.6 is 0 Å². The van der Waals surface area contributed by atoms with Crippen molar-refractivity contribution in [3.63, 3.8) is 0 Å². The average molecular weight is 322 g/mol. The second-order valence-electron chi connectivity index (χ2n) is 6.61. The van der Waals surface area contributed by atoms with Crippen LogP contribution in [0, 0.1) is 12.8 Å². The molecule has 1 amide bonds. The first kappa shape index (κ1) is 17.3. The van der Waals surface area contributed by atoms with Gasteiger partial charge in [-0.25, -0.2) is 4.79 Å². The maximum Gasteiger partial charge on any atom is 0.330 e. The van der Waals surface area contributed by atoms with E-state index in [4.69, 9.17) is 0 Å². The minimum absolute atomic E-state index is 0.171. The zero-order valence-electron chi connectivity index (χ0n) is 14.6. The third-order valence-electron chi connectivity index (χ3n) is 4.46. The van der Waals surface area contributed by atoms with Crippen molar-refractivity contribution in [3.8, 4) is 0 Å². The third kappa shape index (κ3) is 3.33. The van der Waals surface area contributed by atoms with Crippen LogP contribution in [0.2, 0.25) is 0 Å². The number of anilines is 1. The maximum atomic E-state index is 12.5. The Balaban J connectivity index is 2.20. The number of rotatable bonds is 3. The lowest BCUT2D eigenvalue weighted by Crippen LogP contribution is -2.52. The van der Waals surface area contributed by atoms with E-state index in [-0.39, 0.29) is 17.2 Å². The van der Waals surface area contributed by atoms with E-state index < -0.39 is 0 Å². The average Bonchev–Trinajstić information content (AvgIpc) is 2.51. The SMILES string of the molecule is Cc1c(N2CCN(C(=O)CC(C)C)CC2)c(=O)n(C)c(=O)n1C. The molecule has 0 spiro atoms. The van der Waals surface area contributed by atoms with Gasteiger partial charge in [0.1, 0.15) is 5.69 Å². The summed E-state index contributed by atoms with van der Waals surface area (Å²) in [5.41, 5.74) is 0.639. The zero-order valence-corrected chi connectivity index (χ0v) is 14.6. The lowest BCUT2D eigenvalue weighted by atomic mass is 10.1. The van der Waals surface area contributed by atoms with Gasteiger partial charge in [-0.1, -0.05) is 13.8 Å². The van der Waals surface area contributed by atoms with Gasteiger partial charge >= 0.3 is 5.69 Å². The van der Waals surface area contributed by atoms with E-state index in [1.165, 1.54) is 11.6 Å². The molecule has 0 saturated carbocycles. The molecule has 1 aromatic rings. The molecule has 0 N–H and O–H groups in total. The quantitative estimate of drug-likeness (QED) is 0.791. The fourth-order valence-corrected chi connectivity index (χ4v) is 2.95. The Bertz CT molecular complexity index is 709. The van der Waals surface area contributed by atoms with Gasteiger partial charge in [0.05, 0.1) is 0 Å². The minimum atomic E-state index is -0.318. The van der Waals surface area contributed by atoms with Crippen LogP contribution in [0.3, 0.4) is 0 Å². The van der Waals surface area contributed by atoms with Crippen molar-refractivity contribution in [3.05, 3.63) is 26.5 Å². The van der Waals surface area contributed by atoms with Crippen LogP contribution < -0.4 is 16.1 Å². The van der Waals surface area contributed by atoms with Gasteiger partial charge in [-0.2, -0.15) is 0 Å². The maximum absolute atomic E-state index is 12.5. The molecular weight excluding hydrogens is 296 g/mol. The lowest BCUT2D eigenvalue weighted by Gasteiger charge is -2.36. The highest BCUT2D eigenvalue weighted by Gasteiger charge is 2.25. The van der Waals surface area contributed by atoms with Crippen molar-refractivity contribution in [1.29, 1.82) is 0 Å². The second-order valence-corrected chi connectivity index (χ2v) is 6.61. The molecule has 1 aromatic heterocycles. The molecule has 23 heavy (non-hydrogen) atoms. The molecule has 1 fully saturated rings. The molecule has 7 heteroatoms. The molecule has 0 aromatic carbocycles. The van der Waals surface area contributed by atoms with Crippen molar-refractivity contribution in [1.82, 2.24) is 14.0 Å². The number of hydrogen-bond acceptors (Lipinski definition) is 4. The summed E-state index contributed by atoms with van der Waals surface area (Å²) < 4.78 is 2.63. The zero-order chi connectivity index (χ0) is 17.3. The number of nitrogens with zero attached hydrogens (tertiary/aromatic N) is 4. The summed E-state index contributed by atoms with van der Waals surface area (Å²) in [5.74, 6) is 0.517. The summed E-state index contributed by atoms with van der Waals surface area (Å²) in [5, 5.41) is 0. The largest absolute Gasteiger partial charge is 0.362 e. The summed E-state index contributed by atoms with van der Waals surface area (Å²) in [6.45, 7) is 8.29. The standard InChI is InChI=1S/C16H26N4O3/c1-11(2)10-13(21)19-6-8-20(9-7-19)14-12(3)17(4)16(23)18(5)15(14)22/h11H,6-10H2,1-5H3.